The Labute approximate surface area is 131 Å². The van der Waals surface area contributed by atoms with Gasteiger partial charge < -0.3 is 0 Å². The average Bonchev–Trinajstić information content (AvgIpc) is 2.93. The van der Waals surface area contributed by atoms with E-state index in [1.54, 1.807) is 6.07 Å². The van der Waals surface area contributed by atoms with Crippen molar-refractivity contribution >= 4 is 39.5 Å². The van der Waals surface area contributed by atoms with Crippen LogP contribution in [0, 0.1) is 12.3 Å². The second kappa shape index (κ2) is 5.03. The van der Waals surface area contributed by atoms with Gasteiger partial charge in [-0.25, -0.2) is 4.98 Å². The number of thiazole rings is 1. The van der Waals surface area contributed by atoms with Gasteiger partial charge in [-0.15, -0.1) is 11.3 Å². The Morgan fingerprint density at radius 3 is 2.81 bits per heavy atom. The van der Waals surface area contributed by atoms with Crippen LogP contribution in [0.2, 0.25) is 0 Å². The van der Waals surface area contributed by atoms with E-state index < -0.39 is 0 Å². The largest absolute Gasteiger partial charge is 0.298 e. The molecular weight excluding hydrogens is 304 g/mol. The molecule has 0 saturated heterocycles. The molecule has 4 nitrogen and oxygen atoms in total. The maximum absolute atomic E-state index is 12.2. The molecule has 0 spiro atoms. The number of aromatic nitrogens is 1. The molecule has 0 unspecified atom stereocenters. The van der Waals surface area contributed by atoms with Crippen molar-refractivity contribution in [1.82, 2.24) is 4.98 Å². The number of hydrogen-bond acceptors (Lipinski definition) is 5. The molecule has 0 aliphatic heterocycles. The highest BCUT2D eigenvalue weighted by molar-refractivity contribution is 7.17. The molecule has 2 heterocycles. The highest BCUT2D eigenvalue weighted by Crippen LogP contribution is 2.38. The first-order valence-electron chi connectivity index (χ1n) is 6.74. The normalized spacial score (nSPS) is 16.6. The van der Waals surface area contributed by atoms with Crippen molar-refractivity contribution < 1.29 is 9.59 Å². The molecule has 1 amide bonds. The average molecular weight is 320 g/mol. The van der Waals surface area contributed by atoms with E-state index in [-0.39, 0.29) is 17.1 Å². The van der Waals surface area contributed by atoms with Crippen molar-refractivity contribution in [2.24, 2.45) is 5.41 Å². The van der Waals surface area contributed by atoms with Crippen LogP contribution in [-0.4, -0.2) is 16.7 Å². The molecule has 110 valence electrons. The van der Waals surface area contributed by atoms with E-state index in [2.05, 4.69) is 24.1 Å². The molecule has 0 aromatic carbocycles. The molecule has 1 aliphatic carbocycles. The van der Waals surface area contributed by atoms with Crippen LogP contribution in [0.1, 0.15) is 50.9 Å². The van der Waals surface area contributed by atoms with Crippen molar-refractivity contribution in [2.45, 2.75) is 33.6 Å². The van der Waals surface area contributed by atoms with Crippen molar-refractivity contribution in [3.63, 3.8) is 0 Å². The van der Waals surface area contributed by atoms with Crippen LogP contribution in [0.25, 0.3) is 0 Å². The minimum Gasteiger partial charge on any atom is -0.298 e. The molecule has 0 bridgehead atoms. The van der Waals surface area contributed by atoms with Crippen molar-refractivity contribution in [3.05, 3.63) is 32.5 Å². The Hall–Kier alpha value is -1.53. The van der Waals surface area contributed by atoms with Gasteiger partial charge in [0, 0.05) is 11.3 Å². The number of anilines is 1. The number of hydrogen-bond donors (Lipinski definition) is 1. The second-order valence-electron chi connectivity index (χ2n) is 6.08. The second-order valence-corrected chi connectivity index (χ2v) is 8.20. The van der Waals surface area contributed by atoms with Crippen LogP contribution in [0.5, 0.6) is 0 Å². The molecule has 0 atom stereocenters. The van der Waals surface area contributed by atoms with Gasteiger partial charge in [0.25, 0.3) is 5.91 Å². The summed E-state index contributed by atoms with van der Waals surface area (Å²) in [6, 6.07) is 1.80. The highest BCUT2D eigenvalue weighted by atomic mass is 32.1. The highest BCUT2D eigenvalue weighted by Gasteiger charge is 2.34. The fourth-order valence-corrected chi connectivity index (χ4v) is 4.17. The third kappa shape index (κ3) is 2.78. The van der Waals surface area contributed by atoms with Crippen LogP contribution >= 0.6 is 22.7 Å². The SMILES string of the molecule is Cc1sccc1C(=O)Nc1nc2c(s1)C(=O)CC(C)(C)C2. The number of rotatable bonds is 2. The first kappa shape index (κ1) is 14.4. The van der Waals surface area contributed by atoms with E-state index >= 15 is 0 Å². The Kier molecular flexibility index (Phi) is 3.45. The fourth-order valence-electron chi connectivity index (χ4n) is 2.56. The predicted octanol–water partition coefficient (Wildman–Crippen LogP) is 3.92. The van der Waals surface area contributed by atoms with Crippen LogP contribution in [0.4, 0.5) is 5.13 Å². The fraction of sp³-hybridized carbons (Fsp3) is 0.400. The molecule has 0 fully saturated rings. The minimum atomic E-state index is -0.161. The van der Waals surface area contributed by atoms with Gasteiger partial charge in [-0.3, -0.25) is 14.9 Å². The Morgan fingerprint density at radius 1 is 1.38 bits per heavy atom. The molecule has 3 rings (SSSR count). The minimum absolute atomic E-state index is 0.0522. The Bertz CT molecular complexity index is 728. The maximum atomic E-state index is 12.2. The number of fused-ring (bicyclic) bond motifs is 1. The number of nitrogens with zero attached hydrogens (tertiary/aromatic N) is 1. The molecule has 2 aromatic heterocycles. The predicted molar refractivity (Wildman–Crippen MR) is 85.6 cm³/mol. The van der Waals surface area contributed by atoms with Gasteiger partial charge in [-0.2, -0.15) is 0 Å². The van der Waals surface area contributed by atoms with Gasteiger partial charge in [0.05, 0.1) is 16.1 Å². The van der Waals surface area contributed by atoms with Gasteiger partial charge in [0.2, 0.25) is 0 Å². The number of thiophene rings is 1. The lowest BCUT2D eigenvalue weighted by Crippen LogP contribution is -2.26. The van der Waals surface area contributed by atoms with Crippen LogP contribution < -0.4 is 5.32 Å². The molecule has 1 N–H and O–H groups in total. The lowest BCUT2D eigenvalue weighted by molar-refractivity contribution is 0.0915. The van der Waals surface area contributed by atoms with E-state index in [1.807, 2.05) is 12.3 Å². The van der Waals surface area contributed by atoms with Crippen molar-refractivity contribution in [1.29, 1.82) is 0 Å². The lowest BCUT2D eigenvalue weighted by atomic mass is 9.78. The first-order valence-corrected chi connectivity index (χ1v) is 8.44. The van der Waals surface area contributed by atoms with E-state index in [0.717, 1.165) is 17.0 Å². The zero-order valence-electron chi connectivity index (χ0n) is 12.1. The summed E-state index contributed by atoms with van der Waals surface area (Å²) >= 11 is 2.83. The van der Waals surface area contributed by atoms with E-state index in [4.69, 9.17) is 0 Å². The zero-order chi connectivity index (χ0) is 15.2. The van der Waals surface area contributed by atoms with Gasteiger partial charge in [0.1, 0.15) is 0 Å². The monoisotopic (exact) mass is 320 g/mol. The lowest BCUT2D eigenvalue weighted by Gasteiger charge is -2.26. The standard InChI is InChI=1S/C15H16N2O2S2/c1-8-9(4-5-20-8)13(19)17-14-16-10-6-15(2,3)7-11(18)12(10)21-14/h4-5H,6-7H2,1-3H3,(H,16,17,19). The quantitative estimate of drug-likeness (QED) is 0.912. The van der Waals surface area contributed by atoms with Crippen molar-refractivity contribution in [3.8, 4) is 0 Å². The number of carbonyl (C=O) groups excluding carboxylic acids is 2. The van der Waals surface area contributed by atoms with Gasteiger partial charge >= 0.3 is 0 Å². The summed E-state index contributed by atoms with van der Waals surface area (Å²) in [6.45, 7) is 6.05. The van der Waals surface area contributed by atoms with Gasteiger partial charge in [-0.05, 0) is 30.2 Å². The number of carbonyl (C=O) groups is 2. The number of nitrogens with one attached hydrogen (secondary N) is 1. The number of ketones is 1. The summed E-state index contributed by atoms with van der Waals surface area (Å²) < 4.78 is 0. The van der Waals surface area contributed by atoms with Crippen LogP contribution in [0.15, 0.2) is 11.4 Å². The maximum Gasteiger partial charge on any atom is 0.258 e. The van der Waals surface area contributed by atoms with E-state index in [9.17, 15) is 9.59 Å². The molecule has 21 heavy (non-hydrogen) atoms. The Balaban J connectivity index is 1.84. The van der Waals surface area contributed by atoms with E-state index in [0.29, 0.717) is 22.0 Å². The summed E-state index contributed by atoms with van der Waals surface area (Å²) in [4.78, 5) is 30.5. The third-order valence-corrected chi connectivity index (χ3v) is 5.46. The molecule has 1 aliphatic rings. The number of Topliss-reactive ketones (excluding diaryl/α,β-unsaturated/α-hetero) is 1. The molecule has 6 heteroatoms. The molecule has 2 aromatic rings. The topological polar surface area (TPSA) is 59.1 Å². The van der Waals surface area contributed by atoms with Crippen LogP contribution in [0.3, 0.4) is 0 Å². The van der Waals surface area contributed by atoms with Gasteiger partial charge in [0.15, 0.2) is 10.9 Å². The third-order valence-electron chi connectivity index (χ3n) is 3.56. The van der Waals surface area contributed by atoms with Crippen molar-refractivity contribution in [2.75, 3.05) is 5.32 Å². The smallest absolute Gasteiger partial charge is 0.258 e. The molecule has 0 saturated carbocycles. The summed E-state index contributed by atoms with van der Waals surface area (Å²) in [7, 11) is 0. The summed E-state index contributed by atoms with van der Waals surface area (Å²) in [5, 5.41) is 5.22. The van der Waals surface area contributed by atoms with Crippen LogP contribution in [-0.2, 0) is 6.42 Å². The van der Waals surface area contributed by atoms with E-state index in [1.165, 1.54) is 22.7 Å². The zero-order valence-corrected chi connectivity index (χ0v) is 13.8. The number of amides is 1. The summed E-state index contributed by atoms with van der Waals surface area (Å²) in [5.41, 5.74) is 1.43. The Morgan fingerprint density at radius 2 is 2.14 bits per heavy atom. The molecular formula is C15H16N2O2S2. The first-order chi connectivity index (χ1) is 9.85. The van der Waals surface area contributed by atoms with Gasteiger partial charge in [-0.1, -0.05) is 25.2 Å². The molecule has 0 radical (unpaired) electrons. The summed E-state index contributed by atoms with van der Waals surface area (Å²) in [6.07, 6.45) is 1.32. The number of aryl methyl sites for hydroxylation is 1. The summed E-state index contributed by atoms with van der Waals surface area (Å²) in [5.74, 6) is -0.0301.